The third kappa shape index (κ3) is 4.67. The molecule has 0 aliphatic heterocycles. The van der Waals surface area contributed by atoms with Crippen LogP contribution in [0.25, 0.3) is 11.5 Å². The van der Waals surface area contributed by atoms with Crippen LogP contribution in [0, 0.1) is 0 Å². The number of nitrogens with zero attached hydrogens (tertiary/aromatic N) is 2. The average molecular weight is 402 g/mol. The number of hydrogen-bond donors (Lipinski definition) is 1. The Kier molecular flexibility index (Phi) is 5.45. The van der Waals surface area contributed by atoms with Crippen LogP contribution < -0.4 is 10.9 Å². The van der Waals surface area contributed by atoms with Gasteiger partial charge in [-0.25, -0.2) is 4.68 Å². The number of benzene rings is 1. The molecule has 1 amide bonds. The maximum atomic E-state index is 12.0. The largest absolute Gasteiger partial charge is 0.463 e. The predicted octanol–water partition coefficient (Wildman–Crippen LogP) is 3.68. The second kappa shape index (κ2) is 7.94. The summed E-state index contributed by atoms with van der Waals surface area (Å²) in [4.78, 5) is 23.9. The van der Waals surface area contributed by atoms with Gasteiger partial charge >= 0.3 is 0 Å². The smallest absolute Gasteiger partial charge is 0.266 e. The van der Waals surface area contributed by atoms with Crippen molar-refractivity contribution >= 4 is 27.5 Å². The van der Waals surface area contributed by atoms with Crippen molar-refractivity contribution in [2.24, 2.45) is 0 Å². The Morgan fingerprint density at radius 2 is 2.08 bits per heavy atom. The molecule has 0 fully saturated rings. The summed E-state index contributed by atoms with van der Waals surface area (Å²) < 4.78 is 7.54. The van der Waals surface area contributed by atoms with Crippen LogP contribution >= 0.6 is 15.9 Å². The minimum absolute atomic E-state index is 0.103. The number of carbonyl (C=O) groups excluding carboxylic acids is 1. The van der Waals surface area contributed by atoms with Gasteiger partial charge in [-0.1, -0.05) is 22.0 Å². The van der Waals surface area contributed by atoms with Crippen LogP contribution in [-0.4, -0.2) is 15.7 Å². The van der Waals surface area contributed by atoms with Crippen LogP contribution in [0.2, 0.25) is 0 Å². The molecule has 1 aromatic carbocycles. The molecule has 0 spiro atoms. The quantitative estimate of drug-likeness (QED) is 0.683. The van der Waals surface area contributed by atoms with Crippen molar-refractivity contribution in [2.75, 3.05) is 5.32 Å². The first-order valence-corrected chi connectivity index (χ1v) is 8.58. The minimum atomic E-state index is -0.206. The van der Waals surface area contributed by atoms with Gasteiger partial charge in [0.05, 0.1) is 6.26 Å². The fourth-order valence-electron chi connectivity index (χ4n) is 2.34. The van der Waals surface area contributed by atoms with Crippen molar-refractivity contribution in [3.05, 3.63) is 69.6 Å². The summed E-state index contributed by atoms with van der Waals surface area (Å²) in [6, 6.07) is 14.0. The molecule has 2 heterocycles. The number of aromatic nitrogens is 2. The fourth-order valence-corrected chi connectivity index (χ4v) is 2.74. The molecule has 128 valence electrons. The van der Waals surface area contributed by atoms with Gasteiger partial charge < -0.3 is 9.73 Å². The summed E-state index contributed by atoms with van der Waals surface area (Å²) >= 11 is 3.36. The predicted molar refractivity (Wildman–Crippen MR) is 98.2 cm³/mol. The minimum Gasteiger partial charge on any atom is -0.463 e. The molecule has 0 aliphatic rings. The maximum Gasteiger partial charge on any atom is 0.266 e. The zero-order valence-electron chi connectivity index (χ0n) is 13.3. The standard InChI is InChI=1S/C18H16BrN3O3/c19-13-4-1-5-14(12-13)20-17(23)7-2-10-22-18(24)9-8-15(21-22)16-6-3-11-25-16/h1,3-6,8-9,11-12H,2,7,10H2,(H,20,23). The van der Waals surface area contributed by atoms with E-state index in [0.717, 1.165) is 10.2 Å². The van der Waals surface area contributed by atoms with E-state index in [1.807, 2.05) is 24.3 Å². The zero-order chi connectivity index (χ0) is 17.6. The molecule has 0 unspecified atom stereocenters. The van der Waals surface area contributed by atoms with Gasteiger partial charge in [-0.15, -0.1) is 0 Å². The lowest BCUT2D eigenvalue weighted by atomic mass is 10.2. The fraction of sp³-hybridized carbons (Fsp3) is 0.167. The van der Waals surface area contributed by atoms with Crippen molar-refractivity contribution in [2.45, 2.75) is 19.4 Å². The number of nitrogens with one attached hydrogen (secondary N) is 1. The molecule has 7 heteroatoms. The maximum absolute atomic E-state index is 12.0. The number of rotatable bonds is 6. The molecule has 0 radical (unpaired) electrons. The van der Waals surface area contributed by atoms with Gasteiger partial charge in [-0.2, -0.15) is 5.10 Å². The number of furan rings is 1. The van der Waals surface area contributed by atoms with Gasteiger partial charge in [0.2, 0.25) is 5.91 Å². The van der Waals surface area contributed by atoms with E-state index in [9.17, 15) is 9.59 Å². The van der Waals surface area contributed by atoms with Gasteiger partial charge in [0.1, 0.15) is 5.69 Å². The first-order chi connectivity index (χ1) is 12.1. The SMILES string of the molecule is O=C(CCCn1nc(-c2ccco2)ccc1=O)Nc1cccc(Br)c1. The van der Waals surface area contributed by atoms with E-state index >= 15 is 0 Å². The highest BCUT2D eigenvalue weighted by Crippen LogP contribution is 2.16. The molecule has 25 heavy (non-hydrogen) atoms. The molecule has 0 saturated heterocycles. The van der Waals surface area contributed by atoms with Crippen LogP contribution in [0.4, 0.5) is 5.69 Å². The molecule has 0 saturated carbocycles. The van der Waals surface area contributed by atoms with Crippen LogP contribution in [0.3, 0.4) is 0 Å². The van der Waals surface area contributed by atoms with Crippen molar-refractivity contribution in [1.29, 1.82) is 0 Å². The Labute approximate surface area is 152 Å². The zero-order valence-corrected chi connectivity index (χ0v) is 14.9. The highest BCUT2D eigenvalue weighted by atomic mass is 79.9. The summed E-state index contributed by atoms with van der Waals surface area (Å²) in [6.07, 6.45) is 2.36. The second-order valence-electron chi connectivity index (χ2n) is 5.42. The number of aryl methyl sites for hydroxylation is 1. The van der Waals surface area contributed by atoms with Gasteiger partial charge in [0, 0.05) is 29.2 Å². The summed E-state index contributed by atoms with van der Waals surface area (Å²) in [6.45, 7) is 0.360. The lowest BCUT2D eigenvalue weighted by molar-refractivity contribution is -0.116. The summed E-state index contributed by atoms with van der Waals surface area (Å²) in [5.41, 5.74) is 1.11. The van der Waals surface area contributed by atoms with E-state index in [0.29, 0.717) is 30.8 Å². The molecule has 0 bridgehead atoms. The number of amides is 1. The Balaban J connectivity index is 1.57. The summed E-state index contributed by atoms with van der Waals surface area (Å²) in [5, 5.41) is 7.11. The molecule has 2 aromatic heterocycles. The lowest BCUT2D eigenvalue weighted by Crippen LogP contribution is -2.23. The van der Waals surface area contributed by atoms with Crippen LogP contribution in [-0.2, 0) is 11.3 Å². The van der Waals surface area contributed by atoms with Crippen molar-refractivity contribution in [1.82, 2.24) is 9.78 Å². The van der Waals surface area contributed by atoms with Gasteiger partial charge in [0.15, 0.2) is 5.76 Å². The van der Waals surface area contributed by atoms with E-state index in [1.165, 1.54) is 10.7 Å². The van der Waals surface area contributed by atoms with Crippen molar-refractivity contribution in [3.63, 3.8) is 0 Å². The molecule has 3 rings (SSSR count). The molecule has 0 atom stereocenters. The average Bonchev–Trinajstić information content (AvgIpc) is 3.11. The summed E-state index contributed by atoms with van der Waals surface area (Å²) in [7, 11) is 0. The molecule has 6 nitrogen and oxygen atoms in total. The third-order valence-electron chi connectivity index (χ3n) is 3.52. The topological polar surface area (TPSA) is 77.1 Å². The normalized spacial score (nSPS) is 10.6. The van der Waals surface area contributed by atoms with Gasteiger partial charge in [-0.05, 0) is 42.8 Å². The first kappa shape index (κ1) is 17.2. The molecule has 1 N–H and O–H groups in total. The van der Waals surface area contributed by atoms with E-state index < -0.39 is 0 Å². The van der Waals surface area contributed by atoms with E-state index in [2.05, 4.69) is 26.3 Å². The number of carbonyl (C=O) groups is 1. The van der Waals surface area contributed by atoms with Gasteiger partial charge in [0.25, 0.3) is 5.56 Å². The monoisotopic (exact) mass is 401 g/mol. The number of halogens is 1. The molecular formula is C18H16BrN3O3. The molecule has 0 aliphatic carbocycles. The van der Waals surface area contributed by atoms with Crippen molar-refractivity contribution in [3.8, 4) is 11.5 Å². The Bertz CT molecular complexity index is 919. The van der Waals surface area contributed by atoms with Crippen LogP contribution in [0.5, 0.6) is 0 Å². The highest BCUT2D eigenvalue weighted by molar-refractivity contribution is 9.10. The van der Waals surface area contributed by atoms with E-state index in [-0.39, 0.29) is 11.5 Å². The van der Waals surface area contributed by atoms with Gasteiger partial charge in [-0.3, -0.25) is 9.59 Å². The molecule has 3 aromatic rings. The van der Waals surface area contributed by atoms with E-state index in [1.54, 1.807) is 24.5 Å². The Morgan fingerprint density at radius 1 is 1.20 bits per heavy atom. The second-order valence-corrected chi connectivity index (χ2v) is 6.34. The number of hydrogen-bond acceptors (Lipinski definition) is 4. The van der Waals surface area contributed by atoms with Crippen LogP contribution in [0.1, 0.15) is 12.8 Å². The summed E-state index contributed by atoms with van der Waals surface area (Å²) in [5.74, 6) is 0.495. The lowest BCUT2D eigenvalue weighted by Gasteiger charge is -2.07. The number of anilines is 1. The van der Waals surface area contributed by atoms with E-state index in [4.69, 9.17) is 4.42 Å². The molecular weight excluding hydrogens is 386 g/mol. The van der Waals surface area contributed by atoms with Crippen molar-refractivity contribution < 1.29 is 9.21 Å². The highest BCUT2D eigenvalue weighted by Gasteiger charge is 2.07. The third-order valence-corrected chi connectivity index (χ3v) is 4.02. The van der Waals surface area contributed by atoms with Crippen LogP contribution in [0.15, 0.2) is 68.5 Å². The Hall–Kier alpha value is -2.67. The first-order valence-electron chi connectivity index (χ1n) is 7.79. The Morgan fingerprint density at radius 3 is 2.84 bits per heavy atom.